The van der Waals surface area contributed by atoms with Crippen LogP contribution in [-0.4, -0.2) is 6.36 Å². The van der Waals surface area contributed by atoms with Crippen LogP contribution < -0.4 is 4.74 Å². The predicted octanol–water partition coefficient (Wildman–Crippen LogP) is 3.91. The maximum Gasteiger partial charge on any atom is 0.573 e. The summed E-state index contributed by atoms with van der Waals surface area (Å²) in [7, 11) is 0. The Bertz CT molecular complexity index is 379. The lowest BCUT2D eigenvalue weighted by atomic mass is 10.1. The molecule has 1 rings (SSSR count). The first-order valence-electron chi connectivity index (χ1n) is 4.03. The fourth-order valence-electron chi connectivity index (χ4n) is 1.15. The zero-order chi connectivity index (χ0) is 12.6. The summed E-state index contributed by atoms with van der Waals surface area (Å²) in [4.78, 5) is 0. The Balaban J connectivity index is 3.01. The Hall–Kier alpha value is -1.40. The molecule has 7 heteroatoms. The highest BCUT2D eigenvalue weighted by atomic mass is 19.4. The zero-order valence-corrected chi connectivity index (χ0v) is 7.91. The number of aryl methyl sites for hydroxylation is 1. The van der Waals surface area contributed by atoms with Gasteiger partial charge in [0, 0.05) is 0 Å². The summed E-state index contributed by atoms with van der Waals surface area (Å²) in [5.41, 5.74) is -1.31. The van der Waals surface area contributed by atoms with Crippen LogP contribution in [-0.2, 0) is 6.18 Å². The molecule has 90 valence electrons. The molecule has 0 bridgehead atoms. The molecule has 0 aliphatic heterocycles. The van der Waals surface area contributed by atoms with Crippen LogP contribution in [0.25, 0.3) is 0 Å². The number of benzene rings is 1. The van der Waals surface area contributed by atoms with E-state index in [0.717, 1.165) is 6.92 Å². The third-order valence-corrected chi connectivity index (χ3v) is 1.74. The first-order chi connectivity index (χ1) is 7.09. The summed E-state index contributed by atoms with van der Waals surface area (Å²) in [5, 5.41) is 0. The van der Waals surface area contributed by atoms with Crippen LogP contribution in [0.1, 0.15) is 11.1 Å². The van der Waals surface area contributed by atoms with E-state index in [1.54, 1.807) is 0 Å². The van der Waals surface area contributed by atoms with E-state index in [-0.39, 0.29) is 5.56 Å². The first kappa shape index (κ1) is 12.7. The van der Waals surface area contributed by atoms with Crippen molar-refractivity contribution >= 4 is 0 Å². The van der Waals surface area contributed by atoms with E-state index in [2.05, 4.69) is 4.74 Å². The molecule has 0 fully saturated rings. The van der Waals surface area contributed by atoms with Gasteiger partial charge in [-0.1, -0.05) is 0 Å². The van der Waals surface area contributed by atoms with Crippen molar-refractivity contribution in [3.05, 3.63) is 29.3 Å². The van der Waals surface area contributed by atoms with Crippen molar-refractivity contribution in [2.75, 3.05) is 0 Å². The first-order valence-corrected chi connectivity index (χ1v) is 4.03. The third kappa shape index (κ3) is 3.32. The van der Waals surface area contributed by atoms with Gasteiger partial charge in [-0.2, -0.15) is 13.2 Å². The topological polar surface area (TPSA) is 9.23 Å². The molecule has 1 nitrogen and oxygen atoms in total. The summed E-state index contributed by atoms with van der Waals surface area (Å²) in [5.74, 6) is -0.669. The molecule has 0 N–H and O–H groups in total. The average molecular weight is 244 g/mol. The van der Waals surface area contributed by atoms with Crippen molar-refractivity contribution in [2.24, 2.45) is 0 Å². The van der Waals surface area contributed by atoms with Crippen LogP contribution in [0.4, 0.5) is 26.3 Å². The fraction of sp³-hybridized carbons (Fsp3) is 0.333. The number of alkyl halides is 6. The second-order valence-corrected chi connectivity index (χ2v) is 3.02. The Labute approximate surface area is 86.6 Å². The van der Waals surface area contributed by atoms with Crippen molar-refractivity contribution in [1.29, 1.82) is 0 Å². The SMILES string of the molecule is Cc1cc(OC(F)(F)F)ccc1C(F)(F)F. The summed E-state index contributed by atoms with van der Waals surface area (Å²) in [6.45, 7) is 1.06. The quantitative estimate of drug-likeness (QED) is 0.680. The van der Waals surface area contributed by atoms with E-state index in [1.165, 1.54) is 0 Å². The van der Waals surface area contributed by atoms with Crippen LogP contribution in [0, 0.1) is 6.92 Å². The van der Waals surface area contributed by atoms with Gasteiger partial charge >= 0.3 is 12.5 Å². The molecule has 0 saturated carbocycles. The molecule has 0 atom stereocenters. The third-order valence-electron chi connectivity index (χ3n) is 1.74. The lowest BCUT2D eigenvalue weighted by molar-refractivity contribution is -0.274. The summed E-state index contributed by atoms with van der Waals surface area (Å²) in [6.07, 6.45) is -9.49. The number of halogens is 6. The van der Waals surface area contributed by atoms with Crippen molar-refractivity contribution in [2.45, 2.75) is 19.5 Å². The van der Waals surface area contributed by atoms with Gasteiger partial charge in [0.15, 0.2) is 0 Å². The van der Waals surface area contributed by atoms with E-state index in [4.69, 9.17) is 0 Å². The Kier molecular flexibility index (Phi) is 3.07. The van der Waals surface area contributed by atoms with Crippen molar-refractivity contribution < 1.29 is 31.1 Å². The van der Waals surface area contributed by atoms with E-state index in [0.29, 0.717) is 18.2 Å². The van der Waals surface area contributed by atoms with Crippen LogP contribution in [0.5, 0.6) is 5.75 Å². The lowest BCUT2D eigenvalue weighted by Gasteiger charge is -2.13. The van der Waals surface area contributed by atoms with Gasteiger partial charge in [0.25, 0.3) is 0 Å². The molecule has 0 radical (unpaired) electrons. The van der Waals surface area contributed by atoms with Crippen LogP contribution >= 0.6 is 0 Å². The smallest absolute Gasteiger partial charge is 0.406 e. The average Bonchev–Trinajstić information content (AvgIpc) is 1.97. The molecule has 1 aromatic carbocycles. The minimum atomic E-state index is -4.91. The molecule has 0 heterocycles. The number of hydrogen-bond acceptors (Lipinski definition) is 1. The summed E-state index contributed by atoms with van der Waals surface area (Å²) >= 11 is 0. The van der Waals surface area contributed by atoms with Crippen molar-refractivity contribution in [3.8, 4) is 5.75 Å². The Morgan fingerprint density at radius 3 is 1.94 bits per heavy atom. The second kappa shape index (κ2) is 3.88. The maximum absolute atomic E-state index is 12.3. The highest BCUT2D eigenvalue weighted by molar-refractivity contribution is 5.36. The highest BCUT2D eigenvalue weighted by Gasteiger charge is 2.34. The minimum absolute atomic E-state index is 0.325. The molecule has 0 aliphatic rings. The van der Waals surface area contributed by atoms with Gasteiger partial charge in [-0.15, -0.1) is 13.2 Å². The van der Waals surface area contributed by atoms with Crippen molar-refractivity contribution in [3.63, 3.8) is 0 Å². The highest BCUT2D eigenvalue weighted by Crippen LogP contribution is 2.34. The van der Waals surface area contributed by atoms with Gasteiger partial charge in [0.1, 0.15) is 5.75 Å². The van der Waals surface area contributed by atoms with Gasteiger partial charge in [-0.3, -0.25) is 0 Å². The van der Waals surface area contributed by atoms with E-state index < -0.39 is 23.9 Å². The van der Waals surface area contributed by atoms with Gasteiger partial charge in [0.05, 0.1) is 5.56 Å². The maximum atomic E-state index is 12.3. The number of hydrogen-bond donors (Lipinski definition) is 0. The van der Waals surface area contributed by atoms with E-state index in [9.17, 15) is 26.3 Å². The molecule has 0 aliphatic carbocycles. The summed E-state index contributed by atoms with van der Waals surface area (Å²) < 4.78 is 75.5. The molecule has 0 unspecified atom stereocenters. The molecule has 0 spiro atoms. The zero-order valence-electron chi connectivity index (χ0n) is 7.91. The standard InChI is InChI=1S/C9H6F6O/c1-5-4-6(16-9(13,14)15)2-3-7(5)8(10,11)12/h2-4H,1H3. The van der Waals surface area contributed by atoms with Crippen LogP contribution in [0.2, 0.25) is 0 Å². The van der Waals surface area contributed by atoms with Gasteiger partial charge in [-0.05, 0) is 30.7 Å². The Morgan fingerprint density at radius 2 is 1.56 bits per heavy atom. The molecule has 0 saturated heterocycles. The van der Waals surface area contributed by atoms with Gasteiger partial charge in [0.2, 0.25) is 0 Å². The largest absolute Gasteiger partial charge is 0.573 e. The molecular weight excluding hydrogens is 238 g/mol. The molecular formula is C9H6F6O. The van der Waals surface area contributed by atoms with Gasteiger partial charge < -0.3 is 4.74 Å². The van der Waals surface area contributed by atoms with Crippen LogP contribution in [0.15, 0.2) is 18.2 Å². The number of ether oxygens (including phenoxy) is 1. The van der Waals surface area contributed by atoms with Crippen molar-refractivity contribution in [1.82, 2.24) is 0 Å². The molecule has 1 aromatic rings. The predicted molar refractivity (Wildman–Crippen MR) is 42.9 cm³/mol. The minimum Gasteiger partial charge on any atom is -0.406 e. The summed E-state index contributed by atoms with van der Waals surface area (Å²) in [6, 6.07) is 1.87. The number of rotatable bonds is 1. The normalized spacial score (nSPS) is 12.7. The molecule has 0 amide bonds. The lowest BCUT2D eigenvalue weighted by Crippen LogP contribution is -2.17. The molecule has 16 heavy (non-hydrogen) atoms. The fourth-order valence-corrected chi connectivity index (χ4v) is 1.15. The van der Waals surface area contributed by atoms with Gasteiger partial charge in [-0.25, -0.2) is 0 Å². The van der Waals surface area contributed by atoms with Crippen LogP contribution in [0.3, 0.4) is 0 Å². The van der Waals surface area contributed by atoms with E-state index >= 15 is 0 Å². The monoisotopic (exact) mass is 244 g/mol. The second-order valence-electron chi connectivity index (χ2n) is 3.02. The van der Waals surface area contributed by atoms with E-state index in [1.807, 2.05) is 0 Å². The molecule has 0 aromatic heterocycles. The Morgan fingerprint density at radius 1 is 1.00 bits per heavy atom.